The number of rotatable bonds is 6. The van der Waals surface area contributed by atoms with E-state index in [-0.39, 0.29) is 17.5 Å². The van der Waals surface area contributed by atoms with E-state index in [0.29, 0.717) is 11.4 Å². The van der Waals surface area contributed by atoms with Crippen LogP contribution in [0.25, 0.3) is 0 Å². The molecule has 7 nitrogen and oxygen atoms in total. The molecule has 0 aliphatic rings. The quantitative estimate of drug-likeness (QED) is 0.633. The lowest BCUT2D eigenvalue weighted by molar-refractivity contribution is -0.116. The smallest absolute Gasteiger partial charge is 0.242 e. The molecule has 0 saturated carbocycles. The van der Waals surface area contributed by atoms with Crippen LogP contribution in [0.3, 0.4) is 0 Å². The van der Waals surface area contributed by atoms with Crippen LogP contribution in [0.2, 0.25) is 0 Å². The van der Waals surface area contributed by atoms with Crippen molar-refractivity contribution >= 4 is 27.3 Å². The first-order valence-corrected chi connectivity index (χ1v) is 7.55. The third-order valence-electron chi connectivity index (χ3n) is 2.80. The van der Waals surface area contributed by atoms with E-state index in [2.05, 4.69) is 4.72 Å². The van der Waals surface area contributed by atoms with Gasteiger partial charge in [-0.1, -0.05) is 0 Å². The van der Waals surface area contributed by atoms with Crippen LogP contribution in [-0.4, -0.2) is 34.0 Å². The highest BCUT2D eigenvalue weighted by atomic mass is 32.2. The number of primary amides is 1. The number of nitrogens with one attached hydrogen (secondary N) is 1. The highest BCUT2D eigenvalue weighted by molar-refractivity contribution is 7.89. The van der Waals surface area contributed by atoms with Crippen molar-refractivity contribution in [1.82, 2.24) is 4.72 Å². The van der Waals surface area contributed by atoms with E-state index in [1.165, 1.54) is 13.1 Å². The second-order valence-electron chi connectivity index (χ2n) is 4.62. The molecule has 0 aliphatic heterocycles. The van der Waals surface area contributed by atoms with Gasteiger partial charge in [-0.2, -0.15) is 0 Å². The van der Waals surface area contributed by atoms with Gasteiger partial charge in [0.25, 0.3) is 0 Å². The van der Waals surface area contributed by atoms with Gasteiger partial charge in [-0.05, 0) is 39.1 Å². The Labute approximate surface area is 119 Å². The van der Waals surface area contributed by atoms with Gasteiger partial charge in [-0.25, -0.2) is 13.1 Å². The third-order valence-corrected chi connectivity index (χ3v) is 4.24. The summed E-state index contributed by atoms with van der Waals surface area (Å²) in [6, 6.07) is 4.41. The minimum atomic E-state index is -3.69. The fourth-order valence-electron chi connectivity index (χ4n) is 1.81. The van der Waals surface area contributed by atoms with Crippen LogP contribution < -0.4 is 21.1 Å². The lowest BCUT2D eigenvalue weighted by Gasteiger charge is -2.29. The third kappa shape index (κ3) is 3.61. The maximum absolute atomic E-state index is 12.1. The van der Waals surface area contributed by atoms with E-state index in [1.54, 1.807) is 17.0 Å². The number of nitrogen functional groups attached to an aromatic ring is 1. The summed E-state index contributed by atoms with van der Waals surface area (Å²) in [6.07, 6.45) is 0. The fourth-order valence-corrected chi connectivity index (χ4v) is 2.78. The summed E-state index contributed by atoms with van der Waals surface area (Å²) in [5.41, 5.74) is 11.6. The van der Waals surface area contributed by atoms with Crippen LogP contribution in [-0.2, 0) is 14.8 Å². The number of nitrogens with two attached hydrogens (primary N) is 2. The molecule has 0 spiro atoms. The number of sulfonamides is 1. The van der Waals surface area contributed by atoms with Gasteiger partial charge in [0.2, 0.25) is 15.9 Å². The molecule has 0 aliphatic carbocycles. The highest BCUT2D eigenvalue weighted by Crippen LogP contribution is 2.28. The average molecular weight is 300 g/mol. The summed E-state index contributed by atoms with van der Waals surface area (Å²) in [5, 5.41) is 0. The summed E-state index contributed by atoms with van der Waals surface area (Å²) < 4.78 is 26.4. The van der Waals surface area contributed by atoms with Crippen molar-refractivity contribution in [1.29, 1.82) is 0 Å². The molecule has 0 heterocycles. The molecular weight excluding hydrogens is 280 g/mol. The van der Waals surface area contributed by atoms with Crippen molar-refractivity contribution in [2.24, 2.45) is 5.73 Å². The van der Waals surface area contributed by atoms with Crippen LogP contribution in [0.5, 0.6) is 0 Å². The summed E-state index contributed by atoms with van der Waals surface area (Å²) in [4.78, 5) is 12.8. The molecule has 0 radical (unpaired) electrons. The number of amides is 1. The highest BCUT2D eigenvalue weighted by Gasteiger charge is 2.23. The van der Waals surface area contributed by atoms with Crippen LogP contribution in [0.1, 0.15) is 13.8 Å². The molecule has 20 heavy (non-hydrogen) atoms. The standard InChI is InChI=1S/C12H20N4O3S/c1-8(2)16(7-12(14)17)10-5-4-9(13)6-11(10)20(18,19)15-3/h4-6,8,15H,7,13H2,1-3H3,(H2,14,17). The Hall–Kier alpha value is -1.80. The number of carbonyl (C=O) groups excluding carboxylic acids is 1. The lowest BCUT2D eigenvalue weighted by Crippen LogP contribution is -2.39. The van der Waals surface area contributed by atoms with Crippen molar-refractivity contribution < 1.29 is 13.2 Å². The number of hydrogen-bond donors (Lipinski definition) is 3. The number of hydrogen-bond acceptors (Lipinski definition) is 5. The zero-order valence-electron chi connectivity index (χ0n) is 11.8. The van der Waals surface area contributed by atoms with Gasteiger partial charge >= 0.3 is 0 Å². The minimum Gasteiger partial charge on any atom is -0.399 e. The Balaban J connectivity index is 3.46. The van der Waals surface area contributed by atoms with E-state index in [0.717, 1.165) is 0 Å². The second kappa shape index (κ2) is 6.10. The van der Waals surface area contributed by atoms with Gasteiger partial charge in [0.1, 0.15) is 4.90 Å². The minimum absolute atomic E-state index is 0.0231. The summed E-state index contributed by atoms with van der Waals surface area (Å²) >= 11 is 0. The maximum atomic E-state index is 12.1. The maximum Gasteiger partial charge on any atom is 0.242 e. The van der Waals surface area contributed by atoms with E-state index < -0.39 is 15.9 Å². The molecule has 1 rings (SSSR count). The predicted octanol–water partition coefficient (Wildman–Crippen LogP) is -0.123. The van der Waals surface area contributed by atoms with Crippen molar-refractivity contribution in [3.8, 4) is 0 Å². The molecular formula is C12H20N4O3S. The zero-order valence-corrected chi connectivity index (χ0v) is 12.6. The van der Waals surface area contributed by atoms with Gasteiger partial charge in [0.05, 0.1) is 12.2 Å². The van der Waals surface area contributed by atoms with Crippen molar-refractivity contribution in [3.63, 3.8) is 0 Å². The summed E-state index contributed by atoms with van der Waals surface area (Å²) in [5.74, 6) is -0.539. The Kier molecular flexibility index (Phi) is 4.96. The number of carbonyl (C=O) groups is 1. The van der Waals surface area contributed by atoms with Gasteiger partial charge in [-0.3, -0.25) is 4.79 Å². The Bertz CT molecular complexity index is 599. The number of anilines is 2. The Morgan fingerprint density at radius 1 is 1.40 bits per heavy atom. The molecule has 0 unspecified atom stereocenters. The van der Waals surface area contributed by atoms with Crippen LogP contribution in [0, 0.1) is 0 Å². The lowest BCUT2D eigenvalue weighted by atomic mass is 10.2. The van der Waals surface area contributed by atoms with Gasteiger partial charge in [0, 0.05) is 11.7 Å². The molecule has 0 atom stereocenters. The molecule has 5 N–H and O–H groups in total. The SMILES string of the molecule is CNS(=O)(=O)c1cc(N)ccc1N(CC(N)=O)C(C)C. The number of nitrogens with zero attached hydrogens (tertiary/aromatic N) is 1. The first-order chi connectivity index (χ1) is 9.19. The van der Waals surface area contributed by atoms with E-state index in [1.807, 2.05) is 13.8 Å². The van der Waals surface area contributed by atoms with Crippen molar-refractivity contribution in [2.45, 2.75) is 24.8 Å². The monoisotopic (exact) mass is 300 g/mol. The molecule has 8 heteroatoms. The van der Waals surface area contributed by atoms with Crippen molar-refractivity contribution in [3.05, 3.63) is 18.2 Å². The van der Waals surface area contributed by atoms with Crippen LogP contribution >= 0.6 is 0 Å². The molecule has 1 aromatic rings. The van der Waals surface area contributed by atoms with Gasteiger partial charge in [-0.15, -0.1) is 0 Å². The normalized spacial score (nSPS) is 11.6. The fraction of sp³-hybridized carbons (Fsp3) is 0.417. The largest absolute Gasteiger partial charge is 0.399 e. The molecule has 0 saturated heterocycles. The Morgan fingerprint density at radius 3 is 2.45 bits per heavy atom. The van der Waals surface area contributed by atoms with Gasteiger partial charge < -0.3 is 16.4 Å². The van der Waals surface area contributed by atoms with Crippen LogP contribution in [0.4, 0.5) is 11.4 Å². The Morgan fingerprint density at radius 2 is 2.00 bits per heavy atom. The topological polar surface area (TPSA) is 119 Å². The molecule has 1 amide bonds. The molecule has 1 aromatic carbocycles. The first kappa shape index (κ1) is 16.3. The second-order valence-corrected chi connectivity index (χ2v) is 6.48. The van der Waals surface area contributed by atoms with Crippen molar-refractivity contribution in [2.75, 3.05) is 24.2 Å². The van der Waals surface area contributed by atoms with Gasteiger partial charge in [0.15, 0.2) is 0 Å². The molecule has 112 valence electrons. The zero-order chi connectivity index (χ0) is 15.5. The number of benzene rings is 1. The summed E-state index contributed by atoms with van der Waals surface area (Å²) in [6.45, 7) is 3.61. The average Bonchev–Trinajstić information content (AvgIpc) is 2.35. The van der Waals surface area contributed by atoms with E-state index in [4.69, 9.17) is 11.5 Å². The molecule has 0 fully saturated rings. The molecule has 0 aromatic heterocycles. The van der Waals surface area contributed by atoms with E-state index in [9.17, 15) is 13.2 Å². The summed E-state index contributed by atoms with van der Waals surface area (Å²) in [7, 11) is -2.37. The predicted molar refractivity (Wildman–Crippen MR) is 78.8 cm³/mol. The van der Waals surface area contributed by atoms with E-state index >= 15 is 0 Å². The van der Waals surface area contributed by atoms with Crippen LogP contribution in [0.15, 0.2) is 23.1 Å². The first-order valence-electron chi connectivity index (χ1n) is 6.07. The molecule has 0 bridgehead atoms.